The van der Waals surface area contributed by atoms with Crippen molar-refractivity contribution in [3.63, 3.8) is 0 Å². The number of alkyl halides is 3. The molecule has 2 unspecified atom stereocenters. The summed E-state index contributed by atoms with van der Waals surface area (Å²) in [5.41, 5.74) is 0.279. The summed E-state index contributed by atoms with van der Waals surface area (Å²) in [4.78, 5) is 17.0. The first-order chi connectivity index (χ1) is 14.3. The maximum absolute atomic E-state index is 13.5. The smallest absolute Gasteiger partial charge is 0.327 e. The number of rotatable bonds is 3. The van der Waals surface area contributed by atoms with Gasteiger partial charge in [-0.05, 0) is 24.6 Å². The average Bonchev–Trinajstić information content (AvgIpc) is 3.14. The average molecular weight is 414 g/mol. The van der Waals surface area contributed by atoms with Gasteiger partial charge in [0, 0.05) is 17.7 Å². The van der Waals surface area contributed by atoms with Crippen molar-refractivity contribution in [2.75, 3.05) is 0 Å². The molecule has 2 aromatic heterocycles. The van der Waals surface area contributed by atoms with Crippen LogP contribution in [0.1, 0.15) is 28.5 Å². The first kappa shape index (κ1) is 19.7. The second kappa shape index (κ2) is 7.36. The van der Waals surface area contributed by atoms with E-state index in [0.717, 1.165) is 6.07 Å². The largest absolute Gasteiger partial charge is 0.417 e. The molecule has 154 valence electrons. The third-order valence-corrected chi connectivity index (χ3v) is 4.82. The zero-order valence-corrected chi connectivity index (χ0v) is 16.1. The molecule has 2 atom stereocenters. The molecule has 3 heterocycles. The number of imidazole rings is 1. The standard InChI is InChI=1S/C20H17F3N6O/c1-11-7-8-25-27-17(11)26-19(30)16-10-24-18-12(2)9-15(28-29(16)18)13-5-3-4-6-14(13)20(21,22)23/h3-11,17H,1-2H3,(H,26,30). The molecule has 1 N–H and O–H groups in total. The number of carbonyl (C=O) groups excluding carboxylic acids is 1. The van der Waals surface area contributed by atoms with Gasteiger partial charge in [0.2, 0.25) is 0 Å². The fourth-order valence-electron chi connectivity index (χ4n) is 3.23. The molecule has 1 aliphatic rings. The van der Waals surface area contributed by atoms with E-state index in [0.29, 0.717) is 11.2 Å². The first-order valence-electron chi connectivity index (χ1n) is 9.15. The van der Waals surface area contributed by atoms with Crippen molar-refractivity contribution in [3.05, 3.63) is 65.6 Å². The first-order valence-corrected chi connectivity index (χ1v) is 9.15. The van der Waals surface area contributed by atoms with Crippen LogP contribution in [0.4, 0.5) is 13.2 Å². The molecule has 0 radical (unpaired) electrons. The number of aryl methyl sites for hydroxylation is 1. The fraction of sp³-hybridized carbons (Fsp3) is 0.250. The van der Waals surface area contributed by atoms with Crippen LogP contribution in [0.3, 0.4) is 0 Å². The van der Waals surface area contributed by atoms with Crippen molar-refractivity contribution in [2.45, 2.75) is 26.2 Å². The van der Waals surface area contributed by atoms with Crippen molar-refractivity contribution in [3.8, 4) is 11.3 Å². The van der Waals surface area contributed by atoms with Crippen molar-refractivity contribution >= 4 is 11.6 Å². The second-order valence-electron chi connectivity index (χ2n) is 6.98. The summed E-state index contributed by atoms with van der Waals surface area (Å²) < 4.78 is 41.6. The van der Waals surface area contributed by atoms with Crippen LogP contribution < -0.4 is 5.32 Å². The van der Waals surface area contributed by atoms with Gasteiger partial charge >= 0.3 is 6.18 Å². The Hall–Kier alpha value is -3.56. The molecule has 0 bridgehead atoms. The molecule has 4 rings (SSSR count). The molecule has 3 aromatic rings. The number of hydrogen-bond donors (Lipinski definition) is 1. The Balaban J connectivity index is 1.77. The molecule has 0 spiro atoms. The SMILES string of the molecule is Cc1cc(-c2ccccc2C(F)(F)F)nn2c(C(=O)NC3N=NC=CC3C)cnc12. The summed E-state index contributed by atoms with van der Waals surface area (Å²) in [6.45, 7) is 3.58. The van der Waals surface area contributed by atoms with Gasteiger partial charge in [-0.25, -0.2) is 9.50 Å². The fourth-order valence-corrected chi connectivity index (χ4v) is 3.23. The van der Waals surface area contributed by atoms with Crippen molar-refractivity contribution < 1.29 is 18.0 Å². The topological polar surface area (TPSA) is 84.0 Å². The van der Waals surface area contributed by atoms with E-state index in [-0.39, 0.29) is 22.9 Å². The van der Waals surface area contributed by atoms with Crippen LogP contribution in [-0.4, -0.2) is 26.7 Å². The van der Waals surface area contributed by atoms with Gasteiger partial charge < -0.3 is 5.32 Å². The highest BCUT2D eigenvalue weighted by atomic mass is 19.4. The maximum atomic E-state index is 13.5. The van der Waals surface area contributed by atoms with Crippen LogP contribution >= 0.6 is 0 Å². The van der Waals surface area contributed by atoms with Gasteiger partial charge in [0.15, 0.2) is 11.3 Å². The number of nitrogens with zero attached hydrogens (tertiary/aromatic N) is 5. The molecule has 0 saturated carbocycles. The highest BCUT2D eigenvalue weighted by molar-refractivity contribution is 5.93. The van der Waals surface area contributed by atoms with Crippen molar-refractivity contribution in [1.82, 2.24) is 19.9 Å². The van der Waals surface area contributed by atoms with E-state index in [1.807, 2.05) is 6.92 Å². The van der Waals surface area contributed by atoms with E-state index in [9.17, 15) is 18.0 Å². The van der Waals surface area contributed by atoms with Gasteiger partial charge in [-0.15, -0.1) is 0 Å². The zero-order chi connectivity index (χ0) is 21.5. The lowest BCUT2D eigenvalue weighted by atomic mass is 10.0. The molecule has 1 amide bonds. The van der Waals surface area contributed by atoms with Crippen LogP contribution in [-0.2, 0) is 6.18 Å². The van der Waals surface area contributed by atoms with E-state index in [4.69, 9.17) is 0 Å². The molecule has 10 heteroatoms. The Kier molecular flexibility index (Phi) is 4.84. The maximum Gasteiger partial charge on any atom is 0.417 e. The van der Waals surface area contributed by atoms with Gasteiger partial charge in [0.05, 0.1) is 17.5 Å². The van der Waals surface area contributed by atoms with Crippen LogP contribution in [0.5, 0.6) is 0 Å². The number of carbonyl (C=O) groups is 1. The molecule has 0 fully saturated rings. The van der Waals surface area contributed by atoms with E-state index in [1.54, 1.807) is 19.2 Å². The van der Waals surface area contributed by atoms with Crippen LogP contribution in [0.25, 0.3) is 16.9 Å². The normalized spacial score (nSPS) is 18.7. The van der Waals surface area contributed by atoms with Gasteiger partial charge in [0.25, 0.3) is 5.91 Å². The molecule has 0 saturated heterocycles. The Morgan fingerprint density at radius 3 is 2.73 bits per heavy atom. The van der Waals surface area contributed by atoms with E-state index in [2.05, 4.69) is 25.6 Å². The summed E-state index contributed by atoms with van der Waals surface area (Å²) >= 11 is 0. The van der Waals surface area contributed by atoms with Crippen molar-refractivity contribution in [1.29, 1.82) is 0 Å². The minimum atomic E-state index is -4.54. The van der Waals surface area contributed by atoms with Crippen molar-refractivity contribution in [2.24, 2.45) is 16.1 Å². The van der Waals surface area contributed by atoms with Crippen LogP contribution in [0.2, 0.25) is 0 Å². The third-order valence-electron chi connectivity index (χ3n) is 4.82. The number of azo groups is 1. The monoisotopic (exact) mass is 414 g/mol. The lowest BCUT2D eigenvalue weighted by Gasteiger charge is -2.19. The summed E-state index contributed by atoms with van der Waals surface area (Å²) in [5, 5.41) is 14.8. The molecular formula is C20H17F3N6O. The highest BCUT2D eigenvalue weighted by Gasteiger charge is 2.34. The summed E-state index contributed by atoms with van der Waals surface area (Å²) in [6.07, 6.45) is -0.391. The van der Waals surface area contributed by atoms with Crippen LogP contribution in [0.15, 0.2) is 59.0 Å². The van der Waals surface area contributed by atoms with Gasteiger partial charge in [-0.3, -0.25) is 4.79 Å². The quantitative estimate of drug-likeness (QED) is 0.690. The van der Waals surface area contributed by atoms with E-state index in [1.165, 1.54) is 35.0 Å². The molecule has 1 aliphatic heterocycles. The minimum absolute atomic E-state index is 0.0606. The van der Waals surface area contributed by atoms with Gasteiger partial charge in [0.1, 0.15) is 6.17 Å². The number of aromatic nitrogens is 3. The van der Waals surface area contributed by atoms with E-state index >= 15 is 0 Å². The summed E-state index contributed by atoms with van der Waals surface area (Å²) in [7, 11) is 0. The number of hydrogen-bond acceptors (Lipinski definition) is 5. The van der Waals surface area contributed by atoms with Gasteiger partial charge in [-0.2, -0.15) is 28.5 Å². The number of halogens is 3. The number of benzene rings is 1. The summed E-state index contributed by atoms with van der Waals surface area (Å²) in [5.74, 6) is -0.559. The molecular weight excluding hydrogens is 397 g/mol. The lowest BCUT2D eigenvalue weighted by Crippen LogP contribution is -2.38. The number of amides is 1. The molecule has 30 heavy (non-hydrogen) atoms. The van der Waals surface area contributed by atoms with Crippen LogP contribution in [0, 0.1) is 12.8 Å². The zero-order valence-electron chi connectivity index (χ0n) is 16.1. The molecule has 7 nitrogen and oxygen atoms in total. The molecule has 0 aliphatic carbocycles. The number of fused-ring (bicyclic) bond motifs is 1. The predicted octanol–water partition coefficient (Wildman–Crippen LogP) is 4.40. The van der Waals surface area contributed by atoms with E-state index < -0.39 is 23.8 Å². The Morgan fingerprint density at radius 2 is 2.00 bits per heavy atom. The highest BCUT2D eigenvalue weighted by Crippen LogP contribution is 2.36. The third kappa shape index (κ3) is 3.56. The summed E-state index contributed by atoms with van der Waals surface area (Å²) in [6, 6.07) is 6.71. The number of nitrogens with one attached hydrogen (secondary N) is 1. The van der Waals surface area contributed by atoms with Gasteiger partial charge in [-0.1, -0.05) is 31.2 Å². The molecule has 1 aromatic carbocycles. The second-order valence-corrected chi connectivity index (χ2v) is 6.98. The predicted molar refractivity (Wildman–Crippen MR) is 103 cm³/mol. The Labute approximate surface area is 169 Å². The minimum Gasteiger partial charge on any atom is -0.327 e. The Morgan fingerprint density at radius 1 is 1.23 bits per heavy atom. The lowest BCUT2D eigenvalue weighted by molar-refractivity contribution is -0.137. The Bertz CT molecular complexity index is 1180.